The van der Waals surface area contributed by atoms with Gasteiger partial charge in [-0.15, -0.1) is 0 Å². The number of hydrogen-bond acceptors (Lipinski definition) is 2. The van der Waals surface area contributed by atoms with Crippen molar-refractivity contribution in [3.63, 3.8) is 0 Å². The maximum atomic E-state index is 13.4. The summed E-state index contributed by atoms with van der Waals surface area (Å²) in [4.78, 5) is 13.4. The van der Waals surface area contributed by atoms with Crippen molar-refractivity contribution in [2.75, 3.05) is 20.1 Å². The van der Waals surface area contributed by atoms with E-state index in [4.69, 9.17) is 4.74 Å². The van der Waals surface area contributed by atoms with Crippen LogP contribution in [0.3, 0.4) is 0 Å². The van der Waals surface area contributed by atoms with Crippen LogP contribution in [0.2, 0.25) is 0 Å². The fourth-order valence-electron chi connectivity index (χ4n) is 5.75. The van der Waals surface area contributed by atoms with Crippen LogP contribution in [0, 0.1) is 0 Å². The van der Waals surface area contributed by atoms with Crippen molar-refractivity contribution in [3.8, 4) is 0 Å². The molecule has 2 saturated heterocycles. The number of carbonyl (C=O) groups is 1. The Kier molecular flexibility index (Phi) is 6.33. The Bertz CT molecular complexity index is 610. The number of esters is 1. The van der Waals surface area contributed by atoms with Crippen molar-refractivity contribution < 1.29 is 38.0 Å². The smallest absolute Gasteiger partial charge is 0.317 e. The SMILES string of the molecule is C[N+]12CCCCC1C(OC(=O)C1(c3ccccc3)CCCC1)CCC2.[I-]. The molecule has 1 saturated carbocycles. The number of likely N-dealkylation sites (N-methyl/N-ethyl adjacent to an activating group) is 1. The molecule has 3 fully saturated rings. The van der Waals surface area contributed by atoms with E-state index in [0.717, 1.165) is 42.2 Å². The Morgan fingerprint density at radius 2 is 1.69 bits per heavy atom. The molecule has 3 unspecified atom stereocenters. The zero-order valence-electron chi connectivity index (χ0n) is 16.0. The first-order valence-electron chi connectivity index (χ1n) is 10.2. The van der Waals surface area contributed by atoms with Crippen molar-refractivity contribution in [3.05, 3.63) is 35.9 Å². The van der Waals surface area contributed by atoms with Gasteiger partial charge in [-0.1, -0.05) is 43.2 Å². The van der Waals surface area contributed by atoms with E-state index in [1.165, 1.54) is 38.8 Å². The van der Waals surface area contributed by atoms with Crippen LogP contribution in [0.25, 0.3) is 0 Å². The molecule has 0 amide bonds. The van der Waals surface area contributed by atoms with Gasteiger partial charge in [-0.25, -0.2) is 0 Å². The van der Waals surface area contributed by atoms with Crippen LogP contribution in [-0.2, 0) is 14.9 Å². The lowest BCUT2D eigenvalue weighted by Crippen LogP contribution is -3.00. The number of carbonyl (C=O) groups excluding carboxylic acids is 1. The summed E-state index contributed by atoms with van der Waals surface area (Å²) in [7, 11) is 2.38. The third-order valence-corrected chi connectivity index (χ3v) is 7.24. The minimum Gasteiger partial charge on any atom is -1.00 e. The van der Waals surface area contributed by atoms with Crippen molar-refractivity contribution >= 4 is 5.97 Å². The standard InChI is InChI=1S/C22H32NO2.HI/c1-23-16-8-5-12-19(23)20(13-9-17-23)25-21(24)22(14-6-7-15-22)18-10-3-2-4-11-18;/h2-4,10-11,19-20H,5-9,12-17H2,1H3;1H/q+1;/p-1. The molecular formula is C22H32INO2. The number of rotatable bonds is 3. The fraction of sp³-hybridized carbons (Fsp3) is 0.682. The predicted octanol–water partition coefficient (Wildman–Crippen LogP) is 1.21. The van der Waals surface area contributed by atoms with Crippen LogP contribution >= 0.6 is 0 Å². The second-order valence-electron chi connectivity index (χ2n) is 8.73. The van der Waals surface area contributed by atoms with E-state index in [0.29, 0.717) is 6.04 Å². The molecule has 0 bridgehead atoms. The molecule has 26 heavy (non-hydrogen) atoms. The summed E-state index contributed by atoms with van der Waals surface area (Å²) in [6, 6.07) is 10.9. The summed E-state index contributed by atoms with van der Waals surface area (Å²) in [6.45, 7) is 2.51. The number of fused-ring (bicyclic) bond motifs is 1. The summed E-state index contributed by atoms with van der Waals surface area (Å²) in [5, 5.41) is 0. The lowest BCUT2D eigenvalue weighted by molar-refractivity contribution is -0.946. The van der Waals surface area contributed by atoms with Crippen molar-refractivity contribution in [2.24, 2.45) is 0 Å². The van der Waals surface area contributed by atoms with Crippen molar-refractivity contribution in [1.82, 2.24) is 0 Å². The Morgan fingerprint density at radius 3 is 2.42 bits per heavy atom. The zero-order chi connectivity index (χ0) is 17.3. The Balaban J connectivity index is 0.00000196. The van der Waals surface area contributed by atoms with Crippen LogP contribution in [0.4, 0.5) is 0 Å². The van der Waals surface area contributed by atoms with Gasteiger partial charge in [0.05, 0.1) is 25.6 Å². The molecule has 1 aromatic carbocycles. The zero-order valence-corrected chi connectivity index (χ0v) is 18.1. The van der Waals surface area contributed by atoms with E-state index in [-0.39, 0.29) is 36.0 Å². The van der Waals surface area contributed by atoms with Gasteiger partial charge in [-0.2, -0.15) is 0 Å². The largest absolute Gasteiger partial charge is 1.00 e. The van der Waals surface area contributed by atoms with E-state index < -0.39 is 5.41 Å². The number of quaternary nitrogens is 1. The molecule has 1 aromatic rings. The van der Waals surface area contributed by atoms with E-state index in [9.17, 15) is 4.79 Å². The normalized spacial score (nSPS) is 33.0. The van der Waals surface area contributed by atoms with Gasteiger partial charge >= 0.3 is 5.97 Å². The van der Waals surface area contributed by atoms with Crippen LogP contribution in [0.5, 0.6) is 0 Å². The second-order valence-corrected chi connectivity index (χ2v) is 8.73. The molecule has 3 nitrogen and oxygen atoms in total. The third kappa shape index (κ3) is 3.56. The molecule has 0 N–H and O–H groups in total. The summed E-state index contributed by atoms with van der Waals surface area (Å²) < 4.78 is 7.43. The number of piperidine rings is 2. The lowest BCUT2D eigenvalue weighted by Gasteiger charge is -2.50. The first kappa shape index (κ1) is 20.1. The first-order valence-corrected chi connectivity index (χ1v) is 10.2. The molecule has 3 aliphatic rings. The topological polar surface area (TPSA) is 26.3 Å². The summed E-state index contributed by atoms with van der Waals surface area (Å²) in [5.74, 6) is 0.0558. The highest BCUT2D eigenvalue weighted by Gasteiger charge is 2.49. The maximum absolute atomic E-state index is 13.4. The van der Waals surface area contributed by atoms with Crippen molar-refractivity contribution in [1.29, 1.82) is 0 Å². The highest BCUT2D eigenvalue weighted by atomic mass is 127. The van der Waals surface area contributed by atoms with Gasteiger partial charge in [0.1, 0.15) is 6.04 Å². The molecule has 3 atom stereocenters. The molecule has 144 valence electrons. The summed E-state index contributed by atoms with van der Waals surface area (Å²) in [5.41, 5.74) is 0.769. The van der Waals surface area contributed by atoms with Crippen LogP contribution < -0.4 is 24.0 Å². The monoisotopic (exact) mass is 469 g/mol. The molecular weight excluding hydrogens is 437 g/mol. The number of ether oxygens (including phenoxy) is 1. The molecule has 4 heteroatoms. The molecule has 4 rings (SSSR count). The van der Waals surface area contributed by atoms with Gasteiger partial charge in [0.2, 0.25) is 0 Å². The number of hydrogen-bond donors (Lipinski definition) is 0. The van der Waals surface area contributed by atoms with Crippen LogP contribution in [-0.4, -0.2) is 42.7 Å². The molecule has 0 radical (unpaired) electrons. The Labute approximate surface area is 175 Å². The predicted molar refractivity (Wildman–Crippen MR) is 99.3 cm³/mol. The first-order chi connectivity index (χ1) is 12.1. The van der Waals surface area contributed by atoms with Crippen molar-refractivity contribution in [2.45, 2.75) is 75.3 Å². The second kappa shape index (κ2) is 8.17. The Morgan fingerprint density at radius 1 is 1.00 bits per heavy atom. The Hall–Kier alpha value is -0.620. The minimum atomic E-state index is -0.392. The molecule has 0 aromatic heterocycles. The van der Waals surface area contributed by atoms with E-state index >= 15 is 0 Å². The minimum absolute atomic E-state index is 0. The highest BCUT2D eigenvalue weighted by Crippen LogP contribution is 2.43. The number of nitrogens with zero attached hydrogens (tertiary/aromatic N) is 1. The van der Waals surface area contributed by atoms with Gasteiger partial charge in [-0.05, 0) is 37.7 Å². The van der Waals surface area contributed by atoms with E-state index in [2.05, 4.69) is 31.3 Å². The average Bonchev–Trinajstić information content (AvgIpc) is 3.13. The van der Waals surface area contributed by atoms with Crippen LogP contribution in [0.1, 0.15) is 63.4 Å². The van der Waals surface area contributed by atoms with Gasteiger partial charge in [0.15, 0.2) is 6.10 Å². The van der Waals surface area contributed by atoms with Gasteiger partial charge in [-0.3, -0.25) is 4.79 Å². The van der Waals surface area contributed by atoms with Gasteiger partial charge in [0, 0.05) is 12.8 Å². The van der Waals surface area contributed by atoms with Gasteiger partial charge in [0.25, 0.3) is 0 Å². The number of benzene rings is 1. The maximum Gasteiger partial charge on any atom is 0.317 e. The van der Waals surface area contributed by atoms with Crippen LogP contribution in [0.15, 0.2) is 30.3 Å². The average molecular weight is 469 g/mol. The van der Waals surface area contributed by atoms with E-state index in [1.54, 1.807) is 0 Å². The molecule has 1 aliphatic carbocycles. The fourth-order valence-corrected chi connectivity index (χ4v) is 5.75. The van der Waals surface area contributed by atoms with E-state index in [1.807, 2.05) is 6.07 Å². The summed E-state index contributed by atoms with van der Waals surface area (Å²) >= 11 is 0. The lowest BCUT2D eigenvalue weighted by atomic mass is 9.78. The highest BCUT2D eigenvalue weighted by molar-refractivity contribution is 5.83. The molecule has 2 aliphatic heterocycles. The third-order valence-electron chi connectivity index (χ3n) is 7.24. The molecule has 0 spiro atoms. The van der Waals surface area contributed by atoms with Gasteiger partial charge < -0.3 is 33.2 Å². The number of halogens is 1. The quantitative estimate of drug-likeness (QED) is 0.378. The molecule has 2 heterocycles. The summed E-state index contributed by atoms with van der Waals surface area (Å²) in [6.07, 6.45) is 10.3.